The van der Waals surface area contributed by atoms with E-state index >= 15 is 0 Å². The summed E-state index contributed by atoms with van der Waals surface area (Å²) < 4.78 is 5.04. The molecule has 0 aromatic heterocycles. The Morgan fingerprint density at radius 2 is 2.44 bits per heavy atom. The lowest BCUT2D eigenvalue weighted by Crippen LogP contribution is -2.38. The molecule has 9 heavy (non-hydrogen) atoms. The van der Waals surface area contributed by atoms with E-state index in [0.717, 1.165) is 6.42 Å². The quantitative estimate of drug-likeness (QED) is 0.492. The SMILES string of the molecule is N#C[C@H]1CCOC[C@H]1N. The number of nitrogens with two attached hydrogens (primary N) is 1. The van der Waals surface area contributed by atoms with Crippen molar-refractivity contribution in [2.45, 2.75) is 12.5 Å². The van der Waals surface area contributed by atoms with Gasteiger partial charge in [0.2, 0.25) is 0 Å². The lowest BCUT2D eigenvalue weighted by Gasteiger charge is -2.22. The van der Waals surface area contributed by atoms with E-state index in [-0.39, 0.29) is 12.0 Å². The molecule has 2 atom stereocenters. The third kappa shape index (κ3) is 1.41. The molecule has 1 rings (SSSR count). The summed E-state index contributed by atoms with van der Waals surface area (Å²) in [6.45, 7) is 1.23. The molecule has 3 heteroatoms. The standard InChI is InChI=1S/C6H10N2O/c7-3-5-1-2-9-4-6(5)8/h5-6H,1-2,4,8H2/t5-,6-/m1/s1. The Bertz CT molecular complexity index is 130. The van der Waals surface area contributed by atoms with E-state index in [1.54, 1.807) is 0 Å². The Kier molecular flexibility index (Phi) is 2.04. The molecule has 0 unspecified atom stereocenters. The van der Waals surface area contributed by atoms with E-state index < -0.39 is 0 Å². The molecule has 3 nitrogen and oxygen atoms in total. The Balaban J connectivity index is 2.41. The number of hydrogen-bond acceptors (Lipinski definition) is 3. The van der Waals surface area contributed by atoms with Gasteiger partial charge in [0, 0.05) is 12.6 Å². The average Bonchev–Trinajstić information content (AvgIpc) is 1.89. The molecule has 1 heterocycles. The first-order chi connectivity index (χ1) is 4.34. The van der Waals surface area contributed by atoms with Crippen LogP contribution in [-0.4, -0.2) is 19.3 Å². The van der Waals surface area contributed by atoms with E-state index in [2.05, 4.69) is 6.07 Å². The fourth-order valence-corrected chi connectivity index (χ4v) is 0.920. The summed E-state index contributed by atoms with van der Waals surface area (Å²) in [6.07, 6.45) is 0.789. The second-order valence-corrected chi connectivity index (χ2v) is 2.26. The molecular formula is C6H10N2O. The molecule has 0 saturated carbocycles. The zero-order valence-electron chi connectivity index (χ0n) is 5.21. The zero-order chi connectivity index (χ0) is 6.69. The Labute approximate surface area is 54.4 Å². The minimum absolute atomic E-state index is 0.0127. The van der Waals surface area contributed by atoms with Crippen molar-refractivity contribution in [3.8, 4) is 6.07 Å². The molecule has 0 aromatic carbocycles. The maximum atomic E-state index is 8.48. The highest BCUT2D eigenvalue weighted by molar-refractivity contribution is 4.92. The van der Waals surface area contributed by atoms with Crippen molar-refractivity contribution >= 4 is 0 Å². The average molecular weight is 126 g/mol. The Morgan fingerprint density at radius 3 is 2.89 bits per heavy atom. The van der Waals surface area contributed by atoms with Gasteiger partial charge in [-0.3, -0.25) is 0 Å². The highest BCUT2D eigenvalue weighted by Crippen LogP contribution is 2.11. The molecule has 0 amide bonds. The summed E-state index contributed by atoms with van der Waals surface area (Å²) in [5.74, 6) is 0.0127. The maximum absolute atomic E-state index is 8.48. The lowest BCUT2D eigenvalue weighted by molar-refractivity contribution is 0.0640. The predicted molar refractivity (Wildman–Crippen MR) is 32.5 cm³/mol. The van der Waals surface area contributed by atoms with Gasteiger partial charge in [0.25, 0.3) is 0 Å². The van der Waals surface area contributed by atoms with E-state index in [1.165, 1.54) is 0 Å². The van der Waals surface area contributed by atoms with Gasteiger partial charge in [-0.05, 0) is 6.42 Å². The fourth-order valence-electron chi connectivity index (χ4n) is 0.920. The first-order valence-corrected chi connectivity index (χ1v) is 3.07. The first kappa shape index (κ1) is 6.53. The third-order valence-electron chi connectivity index (χ3n) is 1.57. The molecule has 2 N–H and O–H groups in total. The van der Waals surface area contributed by atoms with Crippen LogP contribution in [0.25, 0.3) is 0 Å². The van der Waals surface area contributed by atoms with E-state index in [4.69, 9.17) is 15.7 Å². The van der Waals surface area contributed by atoms with Crippen molar-refractivity contribution in [1.29, 1.82) is 5.26 Å². The van der Waals surface area contributed by atoms with Crippen LogP contribution < -0.4 is 5.73 Å². The summed E-state index contributed by atoms with van der Waals surface area (Å²) in [6, 6.07) is 2.08. The van der Waals surface area contributed by atoms with Crippen molar-refractivity contribution < 1.29 is 4.74 Å². The smallest absolute Gasteiger partial charge is 0.0673 e. The molecule has 1 aliphatic rings. The Hall–Kier alpha value is -0.590. The summed E-state index contributed by atoms with van der Waals surface area (Å²) in [5.41, 5.74) is 5.54. The Morgan fingerprint density at radius 1 is 1.67 bits per heavy atom. The predicted octanol–water partition coefficient (Wildman–Crippen LogP) is -0.126. The summed E-state index contributed by atoms with van der Waals surface area (Å²) in [4.78, 5) is 0. The first-order valence-electron chi connectivity index (χ1n) is 3.07. The maximum Gasteiger partial charge on any atom is 0.0673 e. The third-order valence-corrected chi connectivity index (χ3v) is 1.57. The van der Waals surface area contributed by atoms with Crippen molar-refractivity contribution in [3.05, 3.63) is 0 Å². The fraction of sp³-hybridized carbons (Fsp3) is 0.833. The number of hydrogen-bond donors (Lipinski definition) is 1. The van der Waals surface area contributed by atoms with Crippen LogP contribution in [0.2, 0.25) is 0 Å². The van der Waals surface area contributed by atoms with Crippen LogP contribution in [0.1, 0.15) is 6.42 Å². The van der Waals surface area contributed by atoms with Crippen molar-refractivity contribution in [2.75, 3.05) is 13.2 Å². The van der Waals surface area contributed by atoms with Crippen LogP contribution in [0, 0.1) is 17.2 Å². The number of ether oxygens (including phenoxy) is 1. The molecule has 50 valence electrons. The summed E-state index contributed by atoms with van der Waals surface area (Å²) in [7, 11) is 0. The molecule has 1 fully saturated rings. The highest BCUT2D eigenvalue weighted by atomic mass is 16.5. The van der Waals surface area contributed by atoms with Crippen LogP contribution in [0.4, 0.5) is 0 Å². The molecule has 0 aliphatic carbocycles. The van der Waals surface area contributed by atoms with Gasteiger partial charge in [0.1, 0.15) is 0 Å². The van der Waals surface area contributed by atoms with Crippen LogP contribution in [0.5, 0.6) is 0 Å². The van der Waals surface area contributed by atoms with E-state index in [9.17, 15) is 0 Å². The summed E-state index contributed by atoms with van der Waals surface area (Å²) >= 11 is 0. The second-order valence-electron chi connectivity index (χ2n) is 2.26. The number of nitriles is 1. The number of nitrogens with zero attached hydrogens (tertiary/aromatic N) is 1. The van der Waals surface area contributed by atoms with Gasteiger partial charge in [0.15, 0.2) is 0 Å². The lowest BCUT2D eigenvalue weighted by atomic mass is 9.98. The van der Waals surface area contributed by atoms with Gasteiger partial charge in [-0.25, -0.2) is 0 Å². The number of rotatable bonds is 0. The normalized spacial score (nSPS) is 35.6. The van der Waals surface area contributed by atoms with Crippen molar-refractivity contribution in [1.82, 2.24) is 0 Å². The van der Waals surface area contributed by atoms with Crippen LogP contribution in [-0.2, 0) is 4.74 Å². The summed E-state index contributed by atoms with van der Waals surface area (Å²) in [5, 5.41) is 8.48. The van der Waals surface area contributed by atoms with Crippen LogP contribution >= 0.6 is 0 Å². The van der Waals surface area contributed by atoms with Crippen LogP contribution in [0.3, 0.4) is 0 Å². The molecule has 1 aliphatic heterocycles. The van der Waals surface area contributed by atoms with Gasteiger partial charge < -0.3 is 10.5 Å². The molecule has 0 aromatic rings. The van der Waals surface area contributed by atoms with E-state index in [0.29, 0.717) is 13.2 Å². The largest absolute Gasteiger partial charge is 0.380 e. The molecule has 0 bridgehead atoms. The topological polar surface area (TPSA) is 59.0 Å². The minimum Gasteiger partial charge on any atom is -0.380 e. The second kappa shape index (κ2) is 2.81. The van der Waals surface area contributed by atoms with Crippen molar-refractivity contribution in [3.63, 3.8) is 0 Å². The molecule has 1 saturated heterocycles. The highest BCUT2D eigenvalue weighted by Gasteiger charge is 2.21. The zero-order valence-corrected chi connectivity index (χ0v) is 5.21. The molecule has 0 radical (unpaired) electrons. The monoisotopic (exact) mass is 126 g/mol. The molecular weight excluding hydrogens is 116 g/mol. The van der Waals surface area contributed by atoms with Gasteiger partial charge in [-0.1, -0.05) is 0 Å². The van der Waals surface area contributed by atoms with Gasteiger partial charge in [-0.15, -0.1) is 0 Å². The van der Waals surface area contributed by atoms with Crippen LogP contribution in [0.15, 0.2) is 0 Å². The van der Waals surface area contributed by atoms with Crippen molar-refractivity contribution in [2.24, 2.45) is 11.7 Å². The molecule has 0 spiro atoms. The van der Waals surface area contributed by atoms with Gasteiger partial charge >= 0.3 is 0 Å². The minimum atomic E-state index is -0.0660. The van der Waals surface area contributed by atoms with Gasteiger partial charge in [-0.2, -0.15) is 5.26 Å². The van der Waals surface area contributed by atoms with Gasteiger partial charge in [0.05, 0.1) is 18.6 Å². The van der Waals surface area contributed by atoms with E-state index in [1.807, 2.05) is 0 Å².